The third kappa shape index (κ3) is 3.52. The Labute approximate surface area is 120 Å². The molecule has 6 heteroatoms. The van der Waals surface area contributed by atoms with Gasteiger partial charge in [0.2, 0.25) is 5.91 Å². The molecule has 1 atom stereocenters. The first-order valence-corrected chi connectivity index (χ1v) is 7.16. The average molecular weight is 298 g/mol. The standard InChI is InChI=1S/C13H12ClNO3S/c14-10-3-1-2-9(6-10)4-5-12(16)15-8-19-7-11(15)13(17)18/h1-6,11H,7-8H2,(H,17,18)/b5-4+. The van der Waals surface area contributed by atoms with E-state index in [2.05, 4.69) is 0 Å². The summed E-state index contributed by atoms with van der Waals surface area (Å²) in [7, 11) is 0. The van der Waals surface area contributed by atoms with Crippen molar-refractivity contribution in [3.8, 4) is 0 Å². The second-order valence-corrected chi connectivity index (χ2v) is 5.49. The van der Waals surface area contributed by atoms with Crippen molar-refractivity contribution in [2.75, 3.05) is 11.6 Å². The Kier molecular flexibility index (Phi) is 4.50. The van der Waals surface area contributed by atoms with E-state index in [0.717, 1.165) is 5.56 Å². The van der Waals surface area contributed by atoms with Crippen LogP contribution in [0.1, 0.15) is 5.56 Å². The first kappa shape index (κ1) is 14.0. The highest BCUT2D eigenvalue weighted by Gasteiger charge is 2.33. The first-order valence-electron chi connectivity index (χ1n) is 5.63. The van der Waals surface area contributed by atoms with Gasteiger partial charge in [-0.05, 0) is 23.8 Å². The maximum Gasteiger partial charge on any atom is 0.327 e. The molecular weight excluding hydrogens is 286 g/mol. The molecule has 1 amide bonds. The molecule has 4 nitrogen and oxygen atoms in total. The van der Waals surface area contributed by atoms with Gasteiger partial charge in [-0.2, -0.15) is 0 Å². The van der Waals surface area contributed by atoms with Crippen molar-refractivity contribution in [1.82, 2.24) is 4.90 Å². The third-order valence-electron chi connectivity index (χ3n) is 2.72. The maximum absolute atomic E-state index is 11.9. The molecule has 1 aromatic carbocycles. The van der Waals surface area contributed by atoms with Gasteiger partial charge in [0, 0.05) is 16.9 Å². The number of amides is 1. The van der Waals surface area contributed by atoms with Gasteiger partial charge in [-0.1, -0.05) is 23.7 Å². The monoisotopic (exact) mass is 297 g/mol. The maximum atomic E-state index is 11.9. The van der Waals surface area contributed by atoms with Crippen molar-refractivity contribution in [2.24, 2.45) is 0 Å². The Morgan fingerprint density at radius 1 is 1.47 bits per heavy atom. The number of rotatable bonds is 3. The first-order chi connectivity index (χ1) is 9.08. The summed E-state index contributed by atoms with van der Waals surface area (Å²) >= 11 is 7.28. The summed E-state index contributed by atoms with van der Waals surface area (Å²) in [6.45, 7) is 0. The molecule has 2 rings (SSSR count). The minimum atomic E-state index is -0.963. The van der Waals surface area contributed by atoms with Crippen LogP contribution in [0.25, 0.3) is 6.08 Å². The zero-order valence-corrected chi connectivity index (χ0v) is 11.5. The van der Waals surface area contributed by atoms with E-state index in [0.29, 0.717) is 16.7 Å². The molecule has 0 saturated carbocycles. The van der Waals surface area contributed by atoms with Crippen LogP contribution in [-0.4, -0.2) is 39.6 Å². The number of carbonyl (C=O) groups excluding carboxylic acids is 1. The minimum absolute atomic E-state index is 0.294. The van der Waals surface area contributed by atoms with Crippen LogP contribution in [0, 0.1) is 0 Å². The summed E-state index contributed by atoms with van der Waals surface area (Å²) < 4.78 is 0. The highest BCUT2D eigenvalue weighted by Crippen LogP contribution is 2.21. The van der Waals surface area contributed by atoms with Gasteiger partial charge < -0.3 is 10.0 Å². The summed E-state index contributed by atoms with van der Waals surface area (Å²) in [4.78, 5) is 24.3. The topological polar surface area (TPSA) is 57.6 Å². The molecule has 0 spiro atoms. The highest BCUT2D eigenvalue weighted by molar-refractivity contribution is 7.99. The van der Waals surface area contributed by atoms with Crippen molar-refractivity contribution in [3.05, 3.63) is 40.9 Å². The fourth-order valence-electron chi connectivity index (χ4n) is 1.74. The van der Waals surface area contributed by atoms with Gasteiger partial charge in [0.15, 0.2) is 0 Å². The third-order valence-corrected chi connectivity index (χ3v) is 3.96. The van der Waals surface area contributed by atoms with Crippen LogP contribution in [0.15, 0.2) is 30.3 Å². The predicted octanol–water partition coefficient (Wildman–Crippen LogP) is 2.34. The number of hydrogen-bond acceptors (Lipinski definition) is 3. The molecule has 1 aromatic rings. The van der Waals surface area contributed by atoms with Gasteiger partial charge in [-0.15, -0.1) is 11.8 Å². The van der Waals surface area contributed by atoms with Crippen molar-refractivity contribution in [1.29, 1.82) is 0 Å². The summed E-state index contributed by atoms with van der Waals surface area (Å²) in [6, 6.07) is 6.36. The largest absolute Gasteiger partial charge is 0.480 e. The summed E-state index contributed by atoms with van der Waals surface area (Å²) in [5, 5.41) is 9.60. The number of benzene rings is 1. The summed E-state index contributed by atoms with van der Waals surface area (Å²) in [5.41, 5.74) is 0.805. The number of nitrogens with zero attached hydrogens (tertiary/aromatic N) is 1. The SMILES string of the molecule is O=C(O)C1CSCN1C(=O)/C=C/c1cccc(Cl)c1. The fraction of sp³-hybridized carbons (Fsp3) is 0.231. The van der Waals surface area contributed by atoms with Crippen molar-refractivity contribution in [2.45, 2.75) is 6.04 Å². The zero-order chi connectivity index (χ0) is 13.8. The molecule has 19 heavy (non-hydrogen) atoms. The number of hydrogen-bond donors (Lipinski definition) is 1. The molecule has 0 radical (unpaired) electrons. The average Bonchev–Trinajstić information content (AvgIpc) is 2.85. The Morgan fingerprint density at radius 2 is 2.26 bits per heavy atom. The molecule has 1 heterocycles. The van der Waals surface area contributed by atoms with Crippen molar-refractivity contribution >= 4 is 41.3 Å². The van der Waals surface area contributed by atoms with E-state index in [1.54, 1.807) is 24.3 Å². The van der Waals surface area contributed by atoms with E-state index in [1.807, 2.05) is 6.07 Å². The predicted molar refractivity (Wildman–Crippen MR) is 76.1 cm³/mol. The zero-order valence-electron chi connectivity index (χ0n) is 9.95. The summed E-state index contributed by atoms with van der Waals surface area (Å²) in [6.07, 6.45) is 3.02. The van der Waals surface area contributed by atoms with Crippen LogP contribution < -0.4 is 0 Å². The highest BCUT2D eigenvalue weighted by atomic mass is 35.5. The number of carboxylic acid groups (broad SMARTS) is 1. The Hall–Kier alpha value is -1.46. The quantitative estimate of drug-likeness (QED) is 0.870. The molecule has 1 N–H and O–H groups in total. The number of thioether (sulfide) groups is 1. The smallest absolute Gasteiger partial charge is 0.327 e. The van der Waals surface area contributed by atoms with Crippen LogP contribution in [0.2, 0.25) is 5.02 Å². The fourth-order valence-corrected chi connectivity index (χ4v) is 3.09. The van der Waals surface area contributed by atoms with Crippen molar-refractivity contribution < 1.29 is 14.7 Å². The number of aliphatic carboxylic acids is 1. The van der Waals surface area contributed by atoms with Crippen LogP contribution in [-0.2, 0) is 9.59 Å². The molecule has 1 fully saturated rings. The molecule has 1 saturated heterocycles. The number of carbonyl (C=O) groups is 2. The van der Waals surface area contributed by atoms with E-state index < -0.39 is 12.0 Å². The molecule has 0 bridgehead atoms. The summed E-state index contributed by atoms with van der Waals surface area (Å²) in [5.74, 6) is -0.409. The lowest BCUT2D eigenvalue weighted by Gasteiger charge is -2.18. The molecule has 100 valence electrons. The van der Waals surface area contributed by atoms with Gasteiger partial charge >= 0.3 is 5.97 Å². The Morgan fingerprint density at radius 3 is 2.95 bits per heavy atom. The number of halogens is 1. The number of carboxylic acids is 1. The lowest BCUT2D eigenvalue weighted by molar-refractivity contribution is -0.146. The van der Waals surface area contributed by atoms with E-state index in [9.17, 15) is 9.59 Å². The lowest BCUT2D eigenvalue weighted by Crippen LogP contribution is -2.40. The van der Waals surface area contributed by atoms with E-state index in [1.165, 1.54) is 22.7 Å². The molecular formula is C13H12ClNO3S. The van der Waals surface area contributed by atoms with Crippen LogP contribution >= 0.6 is 23.4 Å². The van der Waals surface area contributed by atoms with E-state index >= 15 is 0 Å². The van der Waals surface area contributed by atoms with Gasteiger partial charge in [0.1, 0.15) is 6.04 Å². The van der Waals surface area contributed by atoms with Crippen LogP contribution in [0.4, 0.5) is 0 Å². The molecule has 1 aliphatic rings. The van der Waals surface area contributed by atoms with Crippen molar-refractivity contribution in [3.63, 3.8) is 0 Å². The normalized spacial score (nSPS) is 19.0. The van der Waals surface area contributed by atoms with E-state index in [4.69, 9.17) is 16.7 Å². The van der Waals surface area contributed by atoms with Gasteiger partial charge in [-0.3, -0.25) is 4.79 Å². The lowest BCUT2D eigenvalue weighted by atomic mass is 10.2. The molecule has 0 aliphatic carbocycles. The van der Waals surface area contributed by atoms with Gasteiger partial charge in [-0.25, -0.2) is 4.79 Å². The Balaban J connectivity index is 2.06. The van der Waals surface area contributed by atoms with Gasteiger partial charge in [0.05, 0.1) is 5.88 Å². The van der Waals surface area contributed by atoms with Crippen LogP contribution in [0.5, 0.6) is 0 Å². The molecule has 1 aliphatic heterocycles. The Bertz CT molecular complexity index is 532. The van der Waals surface area contributed by atoms with E-state index in [-0.39, 0.29) is 5.91 Å². The van der Waals surface area contributed by atoms with Crippen LogP contribution in [0.3, 0.4) is 0 Å². The minimum Gasteiger partial charge on any atom is -0.480 e. The molecule has 0 aromatic heterocycles. The second kappa shape index (κ2) is 6.12. The second-order valence-electron chi connectivity index (χ2n) is 4.05. The van der Waals surface area contributed by atoms with Gasteiger partial charge in [0.25, 0.3) is 0 Å². The molecule has 1 unspecified atom stereocenters.